The smallest absolute Gasteiger partial charge is 0.266 e. The molecule has 3 aromatic heterocycles. The Morgan fingerprint density at radius 2 is 1.76 bits per heavy atom. The number of hydrogen-bond donors (Lipinski definition) is 2. The third-order valence-electron chi connectivity index (χ3n) is 4.16. The fourth-order valence-corrected chi connectivity index (χ4v) is 5.11. The van der Waals surface area contributed by atoms with E-state index in [0.29, 0.717) is 16.3 Å². The number of hydrazine groups is 1. The SMILES string of the molecule is Cc1nn(Cc2ccc(F)cc2)c2sc(C(=O)NNC(=O)c3ccc(Br)s3)cc12. The van der Waals surface area contributed by atoms with Crippen LogP contribution in [0.5, 0.6) is 0 Å². The fourth-order valence-electron chi connectivity index (χ4n) is 2.77. The van der Waals surface area contributed by atoms with Gasteiger partial charge < -0.3 is 0 Å². The van der Waals surface area contributed by atoms with Crippen LogP contribution in [0.1, 0.15) is 30.6 Å². The van der Waals surface area contributed by atoms with Crippen LogP contribution in [0.4, 0.5) is 4.39 Å². The molecule has 0 fully saturated rings. The van der Waals surface area contributed by atoms with Gasteiger partial charge in [0.05, 0.1) is 25.8 Å². The number of nitrogens with zero attached hydrogens (tertiary/aromatic N) is 2. The second-order valence-corrected chi connectivity index (χ2v) is 9.70. The molecular weight excluding hydrogens is 479 g/mol. The molecule has 0 unspecified atom stereocenters. The predicted octanol–water partition coefficient (Wildman–Crippen LogP) is 4.49. The number of aryl methyl sites for hydroxylation is 1. The van der Waals surface area contributed by atoms with Crippen molar-refractivity contribution < 1.29 is 14.0 Å². The molecule has 0 bridgehead atoms. The van der Waals surface area contributed by atoms with Crippen LogP contribution in [0.2, 0.25) is 0 Å². The Hall–Kier alpha value is -2.56. The van der Waals surface area contributed by atoms with Crippen LogP contribution in [0.25, 0.3) is 10.2 Å². The Kier molecular flexibility index (Phi) is 5.48. The Labute approximate surface area is 181 Å². The van der Waals surface area contributed by atoms with E-state index in [9.17, 15) is 14.0 Å². The number of thiophene rings is 2. The first-order valence-corrected chi connectivity index (χ1v) is 10.9. The highest BCUT2D eigenvalue weighted by Crippen LogP contribution is 2.29. The lowest BCUT2D eigenvalue weighted by atomic mass is 10.2. The minimum Gasteiger partial charge on any atom is -0.266 e. The number of hydrogen-bond acceptors (Lipinski definition) is 5. The van der Waals surface area contributed by atoms with E-state index in [4.69, 9.17) is 0 Å². The van der Waals surface area contributed by atoms with Gasteiger partial charge in [-0.05, 0) is 58.7 Å². The van der Waals surface area contributed by atoms with Gasteiger partial charge in [-0.15, -0.1) is 22.7 Å². The minimum absolute atomic E-state index is 0.289. The van der Waals surface area contributed by atoms with Crippen molar-refractivity contribution in [1.82, 2.24) is 20.6 Å². The van der Waals surface area contributed by atoms with Gasteiger partial charge in [-0.2, -0.15) is 5.10 Å². The van der Waals surface area contributed by atoms with Crippen molar-refractivity contribution in [3.63, 3.8) is 0 Å². The summed E-state index contributed by atoms with van der Waals surface area (Å²) in [5.41, 5.74) is 6.57. The number of amides is 2. The maximum Gasteiger partial charge on any atom is 0.279 e. The van der Waals surface area contributed by atoms with Crippen LogP contribution in [-0.2, 0) is 6.54 Å². The minimum atomic E-state index is -0.400. The Morgan fingerprint density at radius 3 is 2.41 bits per heavy atom. The average Bonchev–Trinajstić information content (AvgIpc) is 3.39. The van der Waals surface area contributed by atoms with Crippen molar-refractivity contribution in [1.29, 1.82) is 0 Å². The molecule has 0 saturated carbocycles. The number of nitrogens with one attached hydrogen (secondary N) is 2. The quantitative estimate of drug-likeness (QED) is 0.412. The van der Waals surface area contributed by atoms with Gasteiger partial charge in [-0.25, -0.2) is 4.39 Å². The topological polar surface area (TPSA) is 76.0 Å². The van der Waals surface area contributed by atoms with Crippen molar-refractivity contribution >= 4 is 60.6 Å². The van der Waals surface area contributed by atoms with E-state index in [-0.39, 0.29) is 11.7 Å². The van der Waals surface area contributed by atoms with Gasteiger partial charge in [0.15, 0.2) is 0 Å². The Balaban J connectivity index is 1.50. The molecule has 2 N–H and O–H groups in total. The van der Waals surface area contributed by atoms with Crippen LogP contribution in [-0.4, -0.2) is 21.6 Å². The normalized spacial score (nSPS) is 11.0. The van der Waals surface area contributed by atoms with Gasteiger partial charge in [-0.1, -0.05) is 12.1 Å². The number of fused-ring (bicyclic) bond motifs is 1. The second-order valence-electron chi connectivity index (χ2n) is 6.21. The van der Waals surface area contributed by atoms with Crippen molar-refractivity contribution in [2.24, 2.45) is 0 Å². The molecule has 2 amide bonds. The molecule has 148 valence electrons. The standard InChI is InChI=1S/C19H14BrFN4O2S2/c1-10-13-8-15(18(27)23-22-17(26)14-6-7-16(20)28-14)29-19(13)25(24-10)9-11-2-4-12(21)5-3-11/h2-8H,9H2,1H3,(H,22,26)(H,23,27). The van der Waals surface area contributed by atoms with Crippen LogP contribution in [0.15, 0.2) is 46.3 Å². The summed E-state index contributed by atoms with van der Waals surface area (Å²) in [4.78, 5) is 26.3. The largest absolute Gasteiger partial charge is 0.279 e. The molecule has 0 saturated heterocycles. The van der Waals surface area contributed by atoms with Gasteiger partial charge in [0.1, 0.15) is 10.6 Å². The molecule has 0 atom stereocenters. The van der Waals surface area contributed by atoms with Crippen molar-refractivity contribution in [3.05, 3.63) is 73.1 Å². The van der Waals surface area contributed by atoms with Crippen LogP contribution in [0, 0.1) is 12.7 Å². The van der Waals surface area contributed by atoms with Crippen molar-refractivity contribution in [3.8, 4) is 0 Å². The molecular formula is C19H14BrFN4O2S2. The number of rotatable bonds is 4. The van der Waals surface area contributed by atoms with E-state index in [1.54, 1.807) is 35.0 Å². The molecule has 10 heteroatoms. The Bertz CT molecular complexity index is 1210. The van der Waals surface area contributed by atoms with Crippen molar-refractivity contribution in [2.75, 3.05) is 0 Å². The maximum absolute atomic E-state index is 13.1. The zero-order chi connectivity index (χ0) is 20.5. The molecule has 4 aromatic rings. The molecule has 6 nitrogen and oxygen atoms in total. The fraction of sp³-hybridized carbons (Fsp3) is 0.105. The maximum atomic E-state index is 13.1. The molecule has 29 heavy (non-hydrogen) atoms. The Morgan fingerprint density at radius 1 is 1.07 bits per heavy atom. The third-order valence-corrected chi connectivity index (χ3v) is 6.93. The van der Waals surface area contributed by atoms with Gasteiger partial charge in [0.25, 0.3) is 11.8 Å². The first-order valence-electron chi connectivity index (χ1n) is 8.48. The van der Waals surface area contributed by atoms with E-state index in [2.05, 4.69) is 31.9 Å². The zero-order valence-corrected chi connectivity index (χ0v) is 18.3. The van der Waals surface area contributed by atoms with E-state index < -0.39 is 5.91 Å². The summed E-state index contributed by atoms with van der Waals surface area (Å²) in [6, 6.07) is 11.4. The summed E-state index contributed by atoms with van der Waals surface area (Å²) < 4.78 is 15.7. The number of carbonyl (C=O) groups excluding carboxylic acids is 2. The van der Waals surface area contributed by atoms with E-state index in [0.717, 1.165) is 25.3 Å². The lowest BCUT2D eigenvalue weighted by molar-refractivity contribution is 0.0851. The summed E-state index contributed by atoms with van der Waals surface area (Å²) in [5, 5.41) is 5.38. The first-order chi connectivity index (χ1) is 13.9. The molecule has 3 heterocycles. The number of benzene rings is 1. The average molecular weight is 493 g/mol. The van der Waals surface area contributed by atoms with Gasteiger partial charge in [0.2, 0.25) is 0 Å². The van der Waals surface area contributed by atoms with Crippen molar-refractivity contribution in [2.45, 2.75) is 13.5 Å². The van der Waals surface area contributed by atoms with E-state index in [1.807, 2.05) is 6.92 Å². The summed E-state index contributed by atoms with van der Waals surface area (Å²) >= 11 is 5.86. The highest BCUT2D eigenvalue weighted by atomic mass is 79.9. The van der Waals surface area contributed by atoms with Crippen LogP contribution in [0.3, 0.4) is 0 Å². The number of carbonyl (C=O) groups is 2. The zero-order valence-electron chi connectivity index (χ0n) is 15.0. The molecule has 0 aliphatic rings. The molecule has 1 aromatic carbocycles. The summed E-state index contributed by atoms with van der Waals surface area (Å²) in [5.74, 6) is -1.07. The third kappa shape index (κ3) is 4.24. The van der Waals surface area contributed by atoms with Crippen LogP contribution >= 0.6 is 38.6 Å². The molecule has 0 spiro atoms. The molecule has 4 rings (SSSR count). The molecule has 0 aliphatic carbocycles. The monoisotopic (exact) mass is 492 g/mol. The lowest BCUT2D eigenvalue weighted by Crippen LogP contribution is -2.41. The summed E-state index contributed by atoms with van der Waals surface area (Å²) in [7, 11) is 0. The van der Waals surface area contributed by atoms with E-state index in [1.165, 1.54) is 34.8 Å². The van der Waals surface area contributed by atoms with Gasteiger partial charge >= 0.3 is 0 Å². The van der Waals surface area contributed by atoms with Gasteiger partial charge in [-0.3, -0.25) is 25.1 Å². The second kappa shape index (κ2) is 8.05. The lowest BCUT2D eigenvalue weighted by Gasteiger charge is -2.05. The van der Waals surface area contributed by atoms with Gasteiger partial charge in [0, 0.05) is 5.39 Å². The number of halogens is 2. The summed E-state index contributed by atoms with van der Waals surface area (Å²) in [6.45, 7) is 2.34. The molecule has 0 radical (unpaired) electrons. The highest BCUT2D eigenvalue weighted by Gasteiger charge is 2.17. The first kappa shape index (κ1) is 19.7. The van der Waals surface area contributed by atoms with Crippen LogP contribution < -0.4 is 10.9 Å². The predicted molar refractivity (Wildman–Crippen MR) is 115 cm³/mol. The highest BCUT2D eigenvalue weighted by molar-refractivity contribution is 9.11. The summed E-state index contributed by atoms with van der Waals surface area (Å²) in [6.07, 6.45) is 0. The molecule has 0 aliphatic heterocycles. The van der Waals surface area contributed by atoms with E-state index >= 15 is 0 Å². The number of aromatic nitrogens is 2.